The van der Waals surface area contributed by atoms with Gasteiger partial charge in [-0.2, -0.15) is 0 Å². The van der Waals surface area contributed by atoms with Crippen molar-refractivity contribution in [2.24, 2.45) is 0 Å². The Bertz CT molecular complexity index is 1120. The van der Waals surface area contributed by atoms with Gasteiger partial charge in [0.15, 0.2) is 17.6 Å². The summed E-state index contributed by atoms with van der Waals surface area (Å²) in [7, 11) is -3.94. The fourth-order valence-electron chi connectivity index (χ4n) is 3.47. The molecule has 3 N–H and O–H groups in total. The van der Waals surface area contributed by atoms with Gasteiger partial charge in [0.05, 0.1) is 31.7 Å². The number of hydrogen-bond acceptors (Lipinski definition) is 11. The number of esters is 2. The molecule has 0 spiro atoms. The van der Waals surface area contributed by atoms with E-state index in [-0.39, 0.29) is 18.5 Å². The van der Waals surface area contributed by atoms with Crippen LogP contribution < -0.4 is 10.8 Å². The zero-order chi connectivity index (χ0) is 28.5. The number of nitrogens with two attached hydrogens (primary N) is 1. The van der Waals surface area contributed by atoms with E-state index in [1.165, 1.54) is 27.1 Å². The first-order valence-electron chi connectivity index (χ1n) is 12.8. The maximum atomic E-state index is 13.9. The molecular formula is C24H41N6O7P. The van der Waals surface area contributed by atoms with Gasteiger partial charge >= 0.3 is 11.9 Å². The molecule has 0 bridgehead atoms. The highest BCUT2D eigenvalue weighted by atomic mass is 31.2. The van der Waals surface area contributed by atoms with Crippen LogP contribution >= 0.6 is 7.52 Å². The Hall–Kier alpha value is -2.60. The van der Waals surface area contributed by atoms with E-state index in [0.29, 0.717) is 17.7 Å². The molecule has 14 heteroatoms. The lowest BCUT2D eigenvalue weighted by atomic mass is 10.1. The van der Waals surface area contributed by atoms with Crippen molar-refractivity contribution in [1.29, 1.82) is 0 Å². The van der Waals surface area contributed by atoms with E-state index >= 15 is 0 Å². The highest BCUT2D eigenvalue weighted by Crippen LogP contribution is 2.46. The summed E-state index contributed by atoms with van der Waals surface area (Å²) in [6.45, 7) is 12.3. The van der Waals surface area contributed by atoms with Gasteiger partial charge in [0.2, 0.25) is 0 Å². The van der Waals surface area contributed by atoms with Gasteiger partial charge in [0, 0.05) is 0 Å². The van der Waals surface area contributed by atoms with Gasteiger partial charge in [0.1, 0.15) is 23.7 Å². The Labute approximate surface area is 223 Å². The summed E-state index contributed by atoms with van der Waals surface area (Å²) in [6.07, 6.45) is 3.07. The van der Waals surface area contributed by atoms with Crippen molar-refractivity contribution in [2.45, 2.75) is 98.1 Å². The average molecular weight is 557 g/mol. The Morgan fingerprint density at radius 1 is 1.16 bits per heavy atom. The number of fused-ring (bicyclic) bond motifs is 1. The summed E-state index contributed by atoms with van der Waals surface area (Å²) in [4.78, 5) is 37.5. The van der Waals surface area contributed by atoms with Crippen molar-refractivity contribution >= 4 is 36.4 Å². The molecule has 214 valence electrons. The van der Waals surface area contributed by atoms with E-state index in [4.69, 9.17) is 24.5 Å². The van der Waals surface area contributed by atoms with Gasteiger partial charge in [-0.25, -0.2) is 24.8 Å². The van der Waals surface area contributed by atoms with E-state index in [1.807, 2.05) is 6.92 Å². The van der Waals surface area contributed by atoms with Crippen molar-refractivity contribution in [3.8, 4) is 0 Å². The van der Waals surface area contributed by atoms with Crippen molar-refractivity contribution < 1.29 is 32.9 Å². The monoisotopic (exact) mass is 556 g/mol. The van der Waals surface area contributed by atoms with Crippen LogP contribution in [0.5, 0.6) is 0 Å². The van der Waals surface area contributed by atoms with Crippen LogP contribution in [0, 0.1) is 0 Å². The van der Waals surface area contributed by atoms with Crippen LogP contribution in [0.25, 0.3) is 11.2 Å². The molecule has 0 aliphatic heterocycles. The third-order valence-electron chi connectivity index (χ3n) is 5.37. The first-order valence-corrected chi connectivity index (χ1v) is 14.6. The first-order chi connectivity index (χ1) is 17.8. The molecule has 0 aliphatic carbocycles. The second-order valence-corrected chi connectivity index (χ2v) is 12.0. The summed E-state index contributed by atoms with van der Waals surface area (Å²) in [6, 6.07) is 0. The molecule has 0 amide bonds. The average Bonchev–Trinajstić information content (AvgIpc) is 3.23. The van der Waals surface area contributed by atoms with Crippen LogP contribution in [0.15, 0.2) is 12.7 Å². The number of imidazole rings is 1. The topological polar surface area (TPSA) is 170 Å². The lowest BCUT2D eigenvalue weighted by Crippen LogP contribution is -2.47. The van der Waals surface area contributed by atoms with Crippen LogP contribution in [-0.4, -0.2) is 68.3 Å². The van der Waals surface area contributed by atoms with E-state index < -0.39 is 43.6 Å². The van der Waals surface area contributed by atoms with E-state index in [9.17, 15) is 14.2 Å². The van der Waals surface area contributed by atoms with Crippen LogP contribution in [0.4, 0.5) is 5.82 Å². The second kappa shape index (κ2) is 14.0. The van der Waals surface area contributed by atoms with E-state index in [2.05, 4.69) is 20.0 Å². The smallest absolute Gasteiger partial charge is 0.335 e. The second-order valence-electron chi connectivity index (χ2n) is 9.92. The van der Waals surface area contributed by atoms with Crippen molar-refractivity contribution in [1.82, 2.24) is 24.6 Å². The molecule has 38 heavy (non-hydrogen) atoms. The Balaban J connectivity index is 2.14. The fraction of sp³-hybridized carbons (Fsp3) is 0.708. The third-order valence-corrected chi connectivity index (χ3v) is 7.41. The number of nitrogen functional groups attached to an aromatic ring is 1. The van der Waals surface area contributed by atoms with Crippen LogP contribution in [0.2, 0.25) is 0 Å². The minimum Gasteiger partial charge on any atom is -0.464 e. The molecule has 3 atom stereocenters. The zero-order valence-electron chi connectivity index (χ0n) is 23.3. The third kappa shape index (κ3) is 9.30. The summed E-state index contributed by atoms with van der Waals surface area (Å²) in [5.74, 6) is -1.02. The predicted octanol–water partition coefficient (Wildman–Crippen LogP) is 3.42. The predicted molar refractivity (Wildman–Crippen MR) is 142 cm³/mol. The Morgan fingerprint density at radius 2 is 1.87 bits per heavy atom. The molecule has 0 radical (unpaired) electrons. The highest BCUT2D eigenvalue weighted by Gasteiger charge is 2.40. The molecule has 0 aromatic carbocycles. The van der Waals surface area contributed by atoms with E-state index in [0.717, 1.165) is 19.3 Å². The fourth-order valence-corrected chi connectivity index (χ4v) is 5.64. The quantitative estimate of drug-likeness (QED) is 0.176. The van der Waals surface area contributed by atoms with Crippen LogP contribution in [0.3, 0.4) is 0 Å². The standard InChI is InChI=1S/C24H41N6O7P/c1-8-9-10-11-34-23(32)24(6,7)29-38(33,37-18(5)22(31)36-16(2)3)15-35-17(4)12-30-14-28-19-20(25)26-13-27-21(19)30/h13-14,16-18H,8-12,15H2,1-7H3,(H,29,33)(H2,25,26,27)/t17-,18+,38?/m1/s1. The molecule has 2 rings (SSSR count). The van der Waals surface area contributed by atoms with Crippen LogP contribution in [-0.2, 0) is 39.4 Å². The van der Waals surface area contributed by atoms with Crippen molar-refractivity contribution in [2.75, 3.05) is 18.7 Å². The lowest BCUT2D eigenvalue weighted by Gasteiger charge is -2.31. The number of ether oxygens (including phenoxy) is 3. The number of carbonyl (C=O) groups excluding carboxylic acids is 2. The Morgan fingerprint density at radius 3 is 2.53 bits per heavy atom. The number of nitrogens with zero attached hydrogens (tertiary/aromatic N) is 4. The largest absolute Gasteiger partial charge is 0.464 e. The molecule has 2 aromatic rings. The molecule has 13 nitrogen and oxygen atoms in total. The van der Waals surface area contributed by atoms with Crippen molar-refractivity contribution in [3.63, 3.8) is 0 Å². The number of nitrogens with one attached hydrogen (secondary N) is 1. The summed E-state index contributed by atoms with van der Waals surface area (Å²) in [5.41, 5.74) is 5.46. The maximum Gasteiger partial charge on any atom is 0.335 e. The minimum absolute atomic E-state index is 0.251. The highest BCUT2D eigenvalue weighted by molar-refractivity contribution is 7.56. The summed E-state index contributed by atoms with van der Waals surface area (Å²) in [5, 5.41) is 2.77. The lowest BCUT2D eigenvalue weighted by molar-refractivity contribution is -0.155. The molecule has 0 saturated heterocycles. The van der Waals surface area contributed by atoms with Gasteiger partial charge in [-0.1, -0.05) is 19.8 Å². The molecule has 0 fully saturated rings. The van der Waals surface area contributed by atoms with E-state index in [1.54, 1.807) is 31.7 Å². The number of carbonyl (C=O) groups is 2. The van der Waals surface area contributed by atoms with Gasteiger partial charge in [-0.3, -0.25) is 9.36 Å². The summed E-state index contributed by atoms with van der Waals surface area (Å²) < 4.78 is 37.8. The normalized spacial score (nSPS) is 15.3. The number of hydrogen-bond donors (Lipinski definition) is 2. The number of unbranched alkanes of at least 4 members (excludes halogenated alkanes) is 2. The van der Waals surface area contributed by atoms with Gasteiger partial charge in [-0.15, -0.1) is 0 Å². The molecular weight excluding hydrogens is 515 g/mol. The zero-order valence-corrected chi connectivity index (χ0v) is 24.2. The first kappa shape index (κ1) is 31.6. The summed E-state index contributed by atoms with van der Waals surface area (Å²) >= 11 is 0. The van der Waals surface area contributed by atoms with Gasteiger partial charge in [-0.05, 0) is 48.0 Å². The number of anilines is 1. The number of aromatic nitrogens is 4. The van der Waals surface area contributed by atoms with Crippen molar-refractivity contribution in [3.05, 3.63) is 12.7 Å². The van der Waals surface area contributed by atoms with Gasteiger partial charge in [0.25, 0.3) is 7.52 Å². The number of rotatable bonds is 16. The van der Waals surface area contributed by atoms with Gasteiger partial charge < -0.3 is 29.0 Å². The molecule has 2 aromatic heterocycles. The Kier molecular flexibility index (Phi) is 11.6. The molecule has 2 heterocycles. The minimum atomic E-state index is -3.94. The molecule has 0 saturated carbocycles. The molecule has 1 unspecified atom stereocenters. The SMILES string of the molecule is CCCCCOC(=O)C(C)(C)NP(=O)(CO[C@H](C)Cn1cnc2c(N)ncnc21)O[C@@H](C)C(=O)OC(C)C. The molecule has 0 aliphatic rings. The maximum absolute atomic E-state index is 13.9. The van der Waals surface area contributed by atoms with Crippen LogP contribution in [0.1, 0.15) is 67.7 Å².